The van der Waals surface area contributed by atoms with E-state index in [1.54, 1.807) is 0 Å². The summed E-state index contributed by atoms with van der Waals surface area (Å²) in [7, 11) is 4.30. The monoisotopic (exact) mass is 254 g/mol. The zero-order valence-corrected chi connectivity index (χ0v) is 12.4. The summed E-state index contributed by atoms with van der Waals surface area (Å²) in [5, 5.41) is 0. The van der Waals surface area contributed by atoms with Crippen LogP contribution in [-0.2, 0) is 0 Å². The Morgan fingerprint density at radius 1 is 1.17 bits per heavy atom. The molecule has 1 atom stereocenters. The van der Waals surface area contributed by atoms with Gasteiger partial charge in [0, 0.05) is 51.4 Å². The first-order chi connectivity index (χ1) is 8.56. The van der Waals surface area contributed by atoms with Crippen LogP contribution in [0, 0.1) is 5.92 Å². The van der Waals surface area contributed by atoms with Crippen LogP contribution in [0.5, 0.6) is 0 Å². The summed E-state index contributed by atoms with van der Waals surface area (Å²) in [6, 6.07) is 0. The highest BCUT2D eigenvalue weighted by Crippen LogP contribution is 2.42. The summed E-state index contributed by atoms with van der Waals surface area (Å²) >= 11 is 0. The van der Waals surface area contributed by atoms with E-state index >= 15 is 0 Å². The molecule has 2 N–H and O–H groups in total. The third-order valence-corrected chi connectivity index (χ3v) is 4.83. The molecule has 0 aromatic carbocycles. The van der Waals surface area contributed by atoms with Gasteiger partial charge in [0.25, 0.3) is 0 Å². The fourth-order valence-electron chi connectivity index (χ4n) is 3.08. The summed E-state index contributed by atoms with van der Waals surface area (Å²) in [5.74, 6) is 0.857. The van der Waals surface area contributed by atoms with E-state index in [1.165, 1.54) is 45.6 Å². The van der Waals surface area contributed by atoms with E-state index in [9.17, 15) is 0 Å². The summed E-state index contributed by atoms with van der Waals surface area (Å²) < 4.78 is 0. The Balaban J connectivity index is 1.78. The first kappa shape index (κ1) is 14.3. The van der Waals surface area contributed by atoms with Gasteiger partial charge in [-0.2, -0.15) is 0 Å². The zero-order valence-electron chi connectivity index (χ0n) is 12.4. The van der Waals surface area contributed by atoms with Gasteiger partial charge in [-0.05, 0) is 39.8 Å². The van der Waals surface area contributed by atoms with Crippen LogP contribution >= 0.6 is 0 Å². The lowest BCUT2D eigenvalue weighted by Crippen LogP contribution is -2.60. The molecule has 0 aromatic rings. The van der Waals surface area contributed by atoms with Gasteiger partial charge in [0.1, 0.15) is 0 Å². The number of hydrogen-bond donors (Lipinski definition) is 1. The molecule has 1 aliphatic carbocycles. The van der Waals surface area contributed by atoms with Gasteiger partial charge in [0.05, 0.1) is 0 Å². The number of piperazine rings is 1. The van der Waals surface area contributed by atoms with E-state index in [0.717, 1.165) is 19.0 Å². The van der Waals surface area contributed by atoms with Crippen molar-refractivity contribution in [2.24, 2.45) is 11.7 Å². The number of nitrogens with zero attached hydrogens (tertiary/aromatic N) is 3. The van der Waals surface area contributed by atoms with Crippen LogP contribution in [-0.4, -0.2) is 80.1 Å². The zero-order chi connectivity index (χ0) is 13.2. The molecular formula is C14H30N4. The third kappa shape index (κ3) is 3.23. The Kier molecular flexibility index (Phi) is 4.64. The number of hydrogen-bond acceptors (Lipinski definition) is 4. The fraction of sp³-hybridized carbons (Fsp3) is 1.00. The van der Waals surface area contributed by atoms with Crippen LogP contribution in [0.15, 0.2) is 0 Å². The van der Waals surface area contributed by atoms with Crippen molar-refractivity contribution < 1.29 is 0 Å². The predicted molar refractivity (Wildman–Crippen MR) is 76.8 cm³/mol. The standard InChI is InChI=1S/C14H30N4/c1-14(12-15,13-4-5-13)18-10-8-17(9-11-18)7-6-16(2)3/h13H,4-12,15H2,1-3H3. The molecule has 18 heavy (non-hydrogen) atoms. The molecule has 4 nitrogen and oxygen atoms in total. The lowest BCUT2D eigenvalue weighted by Gasteiger charge is -2.46. The van der Waals surface area contributed by atoms with E-state index < -0.39 is 0 Å². The molecule has 0 spiro atoms. The highest BCUT2D eigenvalue weighted by molar-refractivity contribution is 5.01. The van der Waals surface area contributed by atoms with Gasteiger partial charge in [-0.25, -0.2) is 0 Å². The second kappa shape index (κ2) is 5.87. The summed E-state index contributed by atoms with van der Waals surface area (Å²) in [6.07, 6.45) is 2.77. The van der Waals surface area contributed by atoms with Crippen molar-refractivity contribution in [1.29, 1.82) is 0 Å². The molecule has 0 bridgehead atoms. The van der Waals surface area contributed by atoms with Crippen molar-refractivity contribution in [1.82, 2.24) is 14.7 Å². The van der Waals surface area contributed by atoms with Gasteiger partial charge < -0.3 is 10.6 Å². The molecule has 1 saturated carbocycles. The minimum atomic E-state index is 0.271. The first-order valence-electron chi connectivity index (χ1n) is 7.38. The SMILES string of the molecule is CN(C)CCN1CCN(C(C)(CN)C2CC2)CC1. The minimum absolute atomic E-state index is 0.271. The van der Waals surface area contributed by atoms with Gasteiger partial charge in [-0.3, -0.25) is 9.80 Å². The Bertz CT molecular complexity index is 257. The van der Waals surface area contributed by atoms with E-state index in [-0.39, 0.29) is 5.54 Å². The van der Waals surface area contributed by atoms with Crippen molar-refractivity contribution in [3.8, 4) is 0 Å². The quantitative estimate of drug-likeness (QED) is 0.739. The smallest absolute Gasteiger partial charge is 0.0332 e. The van der Waals surface area contributed by atoms with E-state index in [1.807, 2.05) is 0 Å². The second-order valence-electron chi connectivity index (χ2n) is 6.47. The van der Waals surface area contributed by atoms with E-state index in [4.69, 9.17) is 5.73 Å². The summed E-state index contributed by atoms with van der Waals surface area (Å²) in [6.45, 7) is 10.3. The lowest BCUT2D eigenvalue weighted by atomic mass is 9.92. The van der Waals surface area contributed by atoms with E-state index in [0.29, 0.717) is 0 Å². The van der Waals surface area contributed by atoms with E-state index in [2.05, 4.69) is 35.7 Å². The summed E-state index contributed by atoms with van der Waals surface area (Å²) in [4.78, 5) is 7.50. The highest BCUT2D eigenvalue weighted by atomic mass is 15.3. The van der Waals surface area contributed by atoms with Crippen LogP contribution in [0.2, 0.25) is 0 Å². The molecule has 1 unspecified atom stereocenters. The normalized spacial score (nSPS) is 26.5. The molecule has 2 rings (SSSR count). The third-order valence-electron chi connectivity index (χ3n) is 4.83. The van der Waals surface area contributed by atoms with Gasteiger partial charge in [-0.1, -0.05) is 0 Å². The maximum atomic E-state index is 6.05. The van der Waals surface area contributed by atoms with Crippen molar-refractivity contribution in [3.05, 3.63) is 0 Å². The Labute approximate surface area is 112 Å². The average molecular weight is 254 g/mol. The molecule has 1 aliphatic heterocycles. The maximum absolute atomic E-state index is 6.05. The highest BCUT2D eigenvalue weighted by Gasteiger charge is 2.45. The maximum Gasteiger partial charge on any atom is 0.0332 e. The molecular weight excluding hydrogens is 224 g/mol. The molecule has 2 aliphatic rings. The lowest BCUT2D eigenvalue weighted by molar-refractivity contribution is 0.0317. The number of rotatable bonds is 6. The number of likely N-dealkylation sites (N-methyl/N-ethyl adjacent to an activating group) is 1. The molecule has 0 amide bonds. The number of nitrogens with two attached hydrogens (primary N) is 1. The van der Waals surface area contributed by atoms with Gasteiger partial charge in [-0.15, -0.1) is 0 Å². The largest absolute Gasteiger partial charge is 0.329 e. The Hall–Kier alpha value is -0.160. The van der Waals surface area contributed by atoms with Crippen LogP contribution in [0.3, 0.4) is 0 Å². The molecule has 1 heterocycles. The molecule has 106 valence electrons. The van der Waals surface area contributed by atoms with Crippen LogP contribution in [0.1, 0.15) is 19.8 Å². The second-order valence-corrected chi connectivity index (χ2v) is 6.47. The Morgan fingerprint density at radius 3 is 2.22 bits per heavy atom. The molecule has 1 saturated heterocycles. The minimum Gasteiger partial charge on any atom is -0.329 e. The predicted octanol–water partition coefficient (Wildman–Crippen LogP) is 0.293. The van der Waals surface area contributed by atoms with Crippen LogP contribution < -0.4 is 5.73 Å². The molecule has 0 aromatic heterocycles. The van der Waals surface area contributed by atoms with Gasteiger partial charge in [0.2, 0.25) is 0 Å². The van der Waals surface area contributed by atoms with Crippen LogP contribution in [0.25, 0.3) is 0 Å². The average Bonchev–Trinajstić information content (AvgIpc) is 3.20. The van der Waals surface area contributed by atoms with Crippen molar-refractivity contribution in [3.63, 3.8) is 0 Å². The van der Waals surface area contributed by atoms with Crippen LogP contribution in [0.4, 0.5) is 0 Å². The molecule has 4 heteroatoms. The summed E-state index contributed by atoms with van der Waals surface area (Å²) in [5.41, 5.74) is 6.32. The van der Waals surface area contributed by atoms with Gasteiger partial charge >= 0.3 is 0 Å². The fourth-order valence-corrected chi connectivity index (χ4v) is 3.08. The molecule has 0 radical (unpaired) electrons. The van der Waals surface area contributed by atoms with Crippen molar-refractivity contribution in [2.75, 3.05) is 59.9 Å². The van der Waals surface area contributed by atoms with Gasteiger partial charge in [0.15, 0.2) is 0 Å². The van der Waals surface area contributed by atoms with Crippen molar-refractivity contribution >= 4 is 0 Å². The first-order valence-corrected chi connectivity index (χ1v) is 7.38. The van der Waals surface area contributed by atoms with Crippen molar-refractivity contribution in [2.45, 2.75) is 25.3 Å². The Morgan fingerprint density at radius 2 is 1.78 bits per heavy atom. The topological polar surface area (TPSA) is 35.7 Å². The molecule has 2 fully saturated rings.